The second-order valence-electron chi connectivity index (χ2n) is 4.85. The number of anilines is 3. The Hall–Kier alpha value is -2.10. The van der Waals surface area contributed by atoms with E-state index in [0.29, 0.717) is 10.3 Å². The third-order valence-electron chi connectivity index (χ3n) is 3.23. The van der Waals surface area contributed by atoms with Gasteiger partial charge in [-0.1, -0.05) is 40.9 Å². The molecule has 0 atom stereocenters. The van der Waals surface area contributed by atoms with Crippen molar-refractivity contribution in [3.05, 3.63) is 76.8 Å². The highest BCUT2D eigenvalue weighted by atomic mass is 35.5. The van der Waals surface area contributed by atoms with Crippen molar-refractivity contribution in [1.29, 1.82) is 0 Å². The lowest BCUT2D eigenvalue weighted by Crippen LogP contribution is -2.10. The molecule has 0 bridgehead atoms. The molecule has 3 aromatic rings. The van der Waals surface area contributed by atoms with Gasteiger partial charge in [-0.05, 0) is 43.3 Å². The molecule has 0 aliphatic heterocycles. The fourth-order valence-corrected chi connectivity index (χ4v) is 2.37. The van der Waals surface area contributed by atoms with Crippen molar-refractivity contribution in [3.63, 3.8) is 0 Å². The van der Waals surface area contributed by atoms with Gasteiger partial charge in [-0.2, -0.15) is 0 Å². The van der Waals surface area contributed by atoms with E-state index >= 15 is 0 Å². The van der Waals surface area contributed by atoms with Gasteiger partial charge in [0, 0.05) is 5.69 Å². The van der Waals surface area contributed by atoms with E-state index in [1.54, 1.807) is 24.5 Å². The Morgan fingerprint density at radius 3 is 1.55 bits per heavy atom. The normalized spacial score (nSPS) is 10.5. The summed E-state index contributed by atoms with van der Waals surface area (Å²) in [6.07, 6.45) is 3.47. The average molecular weight is 330 g/mol. The van der Waals surface area contributed by atoms with Crippen LogP contribution in [0.5, 0.6) is 0 Å². The van der Waals surface area contributed by atoms with Crippen LogP contribution in [0.3, 0.4) is 0 Å². The molecule has 1 aromatic carbocycles. The Balaban J connectivity index is 2.10. The Labute approximate surface area is 139 Å². The molecule has 2 aromatic heterocycles. The Bertz CT molecular complexity index is 645. The second-order valence-corrected chi connectivity index (χ2v) is 5.62. The molecule has 0 fully saturated rings. The highest BCUT2D eigenvalue weighted by molar-refractivity contribution is 6.29. The van der Waals surface area contributed by atoms with Gasteiger partial charge in [-0.25, -0.2) is 9.97 Å². The summed E-state index contributed by atoms with van der Waals surface area (Å²) < 4.78 is 0. The maximum atomic E-state index is 5.89. The third-order valence-corrected chi connectivity index (χ3v) is 3.68. The van der Waals surface area contributed by atoms with Crippen molar-refractivity contribution in [2.45, 2.75) is 6.92 Å². The van der Waals surface area contributed by atoms with Gasteiger partial charge in [0.1, 0.15) is 10.3 Å². The minimum Gasteiger partial charge on any atom is -0.307 e. The molecule has 0 saturated carbocycles. The average Bonchev–Trinajstić information content (AvgIpc) is 2.53. The molecule has 0 N–H and O–H groups in total. The van der Waals surface area contributed by atoms with Crippen molar-refractivity contribution in [1.82, 2.24) is 9.97 Å². The smallest absolute Gasteiger partial charge is 0.129 e. The number of halogens is 2. The molecular weight excluding hydrogens is 317 g/mol. The fourth-order valence-electron chi connectivity index (χ4n) is 2.14. The zero-order valence-corrected chi connectivity index (χ0v) is 13.4. The first-order valence-electron chi connectivity index (χ1n) is 6.73. The molecule has 110 valence electrons. The van der Waals surface area contributed by atoms with Gasteiger partial charge in [0.15, 0.2) is 0 Å². The summed E-state index contributed by atoms with van der Waals surface area (Å²) in [5.41, 5.74) is 4.01. The van der Waals surface area contributed by atoms with Crippen LogP contribution in [0.2, 0.25) is 10.3 Å². The van der Waals surface area contributed by atoms with Crippen molar-refractivity contribution in [2.75, 3.05) is 4.90 Å². The summed E-state index contributed by atoms with van der Waals surface area (Å²) in [6, 6.07) is 15.6. The summed E-state index contributed by atoms with van der Waals surface area (Å²) in [5, 5.41) is 0.920. The monoisotopic (exact) mass is 329 g/mol. The van der Waals surface area contributed by atoms with E-state index in [1.807, 2.05) is 17.0 Å². The number of hydrogen-bond acceptors (Lipinski definition) is 3. The van der Waals surface area contributed by atoms with Crippen LogP contribution in [0.25, 0.3) is 0 Å². The lowest BCUT2D eigenvalue weighted by molar-refractivity contribution is 1.20. The largest absolute Gasteiger partial charge is 0.307 e. The molecule has 0 aliphatic rings. The number of benzene rings is 1. The summed E-state index contributed by atoms with van der Waals surface area (Å²) in [6.45, 7) is 2.06. The van der Waals surface area contributed by atoms with E-state index in [0.717, 1.165) is 17.1 Å². The topological polar surface area (TPSA) is 29.0 Å². The highest BCUT2D eigenvalue weighted by Gasteiger charge is 2.13. The van der Waals surface area contributed by atoms with Crippen LogP contribution < -0.4 is 4.90 Å². The Morgan fingerprint density at radius 1 is 0.682 bits per heavy atom. The van der Waals surface area contributed by atoms with Crippen LogP contribution in [-0.2, 0) is 0 Å². The lowest BCUT2D eigenvalue weighted by atomic mass is 10.2. The molecular formula is C17H13Cl2N3. The van der Waals surface area contributed by atoms with Gasteiger partial charge in [0.2, 0.25) is 0 Å². The Morgan fingerprint density at radius 2 is 1.14 bits per heavy atom. The molecule has 0 radical (unpaired) electrons. The summed E-state index contributed by atoms with van der Waals surface area (Å²) in [5.74, 6) is 0. The molecule has 0 spiro atoms. The highest BCUT2D eigenvalue weighted by Crippen LogP contribution is 2.34. The predicted octanol–water partition coefficient (Wildman–Crippen LogP) is 5.56. The van der Waals surface area contributed by atoms with Gasteiger partial charge < -0.3 is 4.90 Å². The zero-order valence-electron chi connectivity index (χ0n) is 11.9. The maximum Gasteiger partial charge on any atom is 0.129 e. The minimum absolute atomic E-state index is 0.460. The Kier molecular flexibility index (Phi) is 4.27. The molecule has 3 nitrogen and oxygen atoms in total. The molecule has 5 heteroatoms. The quantitative estimate of drug-likeness (QED) is 0.589. The number of rotatable bonds is 3. The first-order valence-corrected chi connectivity index (χ1v) is 7.49. The summed E-state index contributed by atoms with van der Waals surface area (Å²) in [4.78, 5) is 10.4. The molecule has 0 amide bonds. The summed E-state index contributed by atoms with van der Waals surface area (Å²) >= 11 is 11.8. The SMILES string of the molecule is Cc1ccc(N(c2ccc(Cl)nc2)c2ccc(Cl)nc2)cc1. The van der Waals surface area contributed by atoms with Gasteiger partial charge >= 0.3 is 0 Å². The van der Waals surface area contributed by atoms with Crippen LogP contribution in [0.4, 0.5) is 17.1 Å². The van der Waals surface area contributed by atoms with E-state index in [9.17, 15) is 0 Å². The fraction of sp³-hybridized carbons (Fsp3) is 0.0588. The van der Waals surface area contributed by atoms with Crippen molar-refractivity contribution in [3.8, 4) is 0 Å². The molecule has 0 aliphatic carbocycles. The van der Waals surface area contributed by atoms with Crippen molar-refractivity contribution >= 4 is 40.3 Å². The summed E-state index contributed by atoms with van der Waals surface area (Å²) in [7, 11) is 0. The van der Waals surface area contributed by atoms with Gasteiger partial charge in [0.25, 0.3) is 0 Å². The zero-order chi connectivity index (χ0) is 15.5. The van der Waals surface area contributed by atoms with E-state index in [2.05, 4.69) is 41.2 Å². The van der Waals surface area contributed by atoms with Gasteiger partial charge in [0.05, 0.1) is 23.8 Å². The first kappa shape index (κ1) is 14.8. The van der Waals surface area contributed by atoms with E-state index < -0.39 is 0 Å². The first-order chi connectivity index (χ1) is 10.6. The van der Waals surface area contributed by atoms with Crippen LogP contribution >= 0.6 is 23.2 Å². The number of aromatic nitrogens is 2. The molecule has 3 rings (SSSR count). The molecule has 2 heterocycles. The van der Waals surface area contributed by atoms with E-state index in [1.165, 1.54) is 5.56 Å². The maximum absolute atomic E-state index is 5.89. The molecule has 22 heavy (non-hydrogen) atoms. The number of aryl methyl sites for hydroxylation is 1. The second kappa shape index (κ2) is 6.34. The van der Waals surface area contributed by atoms with E-state index in [4.69, 9.17) is 23.2 Å². The van der Waals surface area contributed by atoms with Crippen LogP contribution in [0.15, 0.2) is 60.9 Å². The van der Waals surface area contributed by atoms with Crippen molar-refractivity contribution < 1.29 is 0 Å². The lowest BCUT2D eigenvalue weighted by Gasteiger charge is -2.24. The minimum atomic E-state index is 0.460. The number of hydrogen-bond donors (Lipinski definition) is 0. The van der Waals surface area contributed by atoms with Crippen LogP contribution in [0.1, 0.15) is 5.56 Å². The molecule has 0 unspecified atom stereocenters. The van der Waals surface area contributed by atoms with E-state index in [-0.39, 0.29) is 0 Å². The van der Waals surface area contributed by atoms with Gasteiger partial charge in [-0.15, -0.1) is 0 Å². The van der Waals surface area contributed by atoms with Crippen LogP contribution in [-0.4, -0.2) is 9.97 Å². The predicted molar refractivity (Wildman–Crippen MR) is 91.5 cm³/mol. The number of nitrogens with zero attached hydrogens (tertiary/aromatic N) is 3. The van der Waals surface area contributed by atoms with Crippen molar-refractivity contribution in [2.24, 2.45) is 0 Å². The number of pyridine rings is 2. The van der Waals surface area contributed by atoms with Gasteiger partial charge in [-0.3, -0.25) is 0 Å². The standard InChI is InChI=1S/C17H13Cl2N3/c1-12-2-4-13(5-3-12)22(14-6-8-16(18)20-10-14)15-7-9-17(19)21-11-15/h2-11H,1H3. The molecule has 0 saturated heterocycles. The van der Waals surface area contributed by atoms with Crippen LogP contribution in [0, 0.1) is 6.92 Å². The third kappa shape index (κ3) is 3.21.